The van der Waals surface area contributed by atoms with Crippen molar-refractivity contribution >= 4 is 51.7 Å². The zero-order valence-electron chi connectivity index (χ0n) is 19.1. The van der Waals surface area contributed by atoms with E-state index in [1.54, 1.807) is 24.3 Å². The molecule has 0 bridgehead atoms. The Bertz CT molecular complexity index is 1300. The molecule has 0 spiro atoms. The molecule has 1 saturated heterocycles. The number of methoxy groups -OCH3 is 1. The van der Waals surface area contributed by atoms with Crippen molar-refractivity contribution in [3.63, 3.8) is 0 Å². The fraction of sp³-hybridized carbons (Fsp3) is 0.280. The minimum atomic E-state index is -0.236. The molecule has 1 N–H and O–H groups in total. The number of carbonyl (C=O) groups is 1. The third kappa shape index (κ3) is 5.22. The van der Waals surface area contributed by atoms with E-state index in [1.165, 1.54) is 21.7 Å². The van der Waals surface area contributed by atoms with E-state index in [4.69, 9.17) is 21.9 Å². The number of fused-ring (bicyclic) bond motifs is 1. The third-order valence-electron chi connectivity index (χ3n) is 5.51. The lowest BCUT2D eigenvalue weighted by molar-refractivity contribution is -0.122. The van der Waals surface area contributed by atoms with Gasteiger partial charge in [0.15, 0.2) is 0 Å². The van der Waals surface area contributed by atoms with Crippen molar-refractivity contribution in [2.24, 2.45) is 0 Å². The van der Waals surface area contributed by atoms with Crippen molar-refractivity contribution in [1.29, 1.82) is 0 Å². The van der Waals surface area contributed by atoms with Crippen molar-refractivity contribution in [2.75, 3.05) is 32.1 Å². The molecule has 3 heterocycles. The number of pyridine rings is 1. The van der Waals surface area contributed by atoms with E-state index >= 15 is 0 Å². The molecule has 1 fully saturated rings. The molecular formula is C25H26N4O3S2. The monoisotopic (exact) mass is 494 g/mol. The Morgan fingerprint density at radius 2 is 1.97 bits per heavy atom. The zero-order valence-corrected chi connectivity index (χ0v) is 20.7. The Morgan fingerprint density at radius 1 is 1.18 bits per heavy atom. The molecule has 4 rings (SSSR count). The van der Waals surface area contributed by atoms with Crippen LogP contribution in [0.15, 0.2) is 58.4 Å². The second kappa shape index (κ2) is 10.9. The second-order valence-electron chi connectivity index (χ2n) is 7.91. The predicted molar refractivity (Wildman–Crippen MR) is 141 cm³/mol. The summed E-state index contributed by atoms with van der Waals surface area (Å²) in [5, 5.41) is 3.32. The lowest BCUT2D eigenvalue weighted by atomic mass is 10.1. The molecule has 176 valence electrons. The molecule has 2 aromatic heterocycles. The van der Waals surface area contributed by atoms with Gasteiger partial charge in [0.2, 0.25) is 0 Å². The van der Waals surface area contributed by atoms with Gasteiger partial charge in [0.25, 0.3) is 11.5 Å². The van der Waals surface area contributed by atoms with Gasteiger partial charge in [-0.3, -0.25) is 18.9 Å². The van der Waals surface area contributed by atoms with E-state index in [-0.39, 0.29) is 11.5 Å². The third-order valence-corrected chi connectivity index (χ3v) is 6.89. The predicted octanol–water partition coefficient (Wildman–Crippen LogP) is 3.90. The number of thioether (sulfide) groups is 1. The molecule has 34 heavy (non-hydrogen) atoms. The molecule has 1 aliphatic rings. The van der Waals surface area contributed by atoms with E-state index in [2.05, 4.69) is 17.4 Å². The number of hydrogen-bond donors (Lipinski definition) is 1. The van der Waals surface area contributed by atoms with Crippen LogP contribution in [0.2, 0.25) is 0 Å². The highest BCUT2D eigenvalue weighted by Gasteiger charge is 2.32. The number of aromatic nitrogens is 2. The van der Waals surface area contributed by atoms with Crippen molar-refractivity contribution in [3.8, 4) is 0 Å². The number of thiocarbonyl (C=S) groups is 1. The quantitative estimate of drug-likeness (QED) is 0.275. The molecule has 9 heteroatoms. The zero-order chi connectivity index (χ0) is 24.1. The molecule has 1 aliphatic heterocycles. The average molecular weight is 495 g/mol. The van der Waals surface area contributed by atoms with E-state index in [1.807, 2.05) is 37.3 Å². The summed E-state index contributed by atoms with van der Waals surface area (Å²) in [5.74, 6) is 0.259. The lowest BCUT2D eigenvalue weighted by Gasteiger charge is -2.14. The number of nitrogens with zero attached hydrogens (tertiary/aromatic N) is 3. The molecule has 7 nitrogen and oxygen atoms in total. The fourth-order valence-corrected chi connectivity index (χ4v) is 5.03. The minimum absolute atomic E-state index is 0.199. The Labute approximate surface area is 207 Å². The van der Waals surface area contributed by atoms with Gasteiger partial charge in [-0.15, -0.1) is 0 Å². The fourth-order valence-electron chi connectivity index (χ4n) is 3.74. The van der Waals surface area contributed by atoms with Crippen molar-refractivity contribution < 1.29 is 9.53 Å². The van der Waals surface area contributed by atoms with Crippen molar-refractivity contribution in [3.05, 3.63) is 80.6 Å². The van der Waals surface area contributed by atoms with Crippen LogP contribution in [0.3, 0.4) is 0 Å². The van der Waals surface area contributed by atoms with Crippen LogP contribution in [0.4, 0.5) is 5.82 Å². The highest BCUT2D eigenvalue weighted by atomic mass is 32.2. The number of amides is 1. The number of carbonyl (C=O) groups excluding carboxylic acids is 1. The number of hydrogen-bond acceptors (Lipinski definition) is 7. The molecule has 1 aromatic carbocycles. The number of rotatable bonds is 9. The van der Waals surface area contributed by atoms with E-state index in [0.29, 0.717) is 52.4 Å². The van der Waals surface area contributed by atoms with Gasteiger partial charge in [-0.25, -0.2) is 4.98 Å². The first-order chi connectivity index (χ1) is 16.5. The smallest absolute Gasteiger partial charge is 0.267 e. The molecule has 0 atom stereocenters. The number of benzene rings is 1. The first-order valence-electron chi connectivity index (χ1n) is 11.0. The first-order valence-corrected chi connectivity index (χ1v) is 12.3. The van der Waals surface area contributed by atoms with Gasteiger partial charge in [-0.05, 0) is 43.0 Å². The summed E-state index contributed by atoms with van der Waals surface area (Å²) < 4.78 is 7.08. The molecule has 0 radical (unpaired) electrons. The molecule has 0 aliphatic carbocycles. The lowest BCUT2D eigenvalue weighted by Crippen LogP contribution is -2.29. The van der Waals surface area contributed by atoms with Gasteiger partial charge < -0.3 is 10.1 Å². The van der Waals surface area contributed by atoms with Gasteiger partial charge >= 0.3 is 0 Å². The van der Waals surface area contributed by atoms with Crippen LogP contribution >= 0.6 is 24.0 Å². The maximum atomic E-state index is 13.5. The summed E-state index contributed by atoms with van der Waals surface area (Å²) in [5.41, 5.74) is 2.76. The van der Waals surface area contributed by atoms with Crippen LogP contribution in [-0.2, 0) is 16.0 Å². The van der Waals surface area contributed by atoms with Crippen molar-refractivity contribution in [1.82, 2.24) is 14.3 Å². The van der Waals surface area contributed by atoms with Crippen LogP contribution in [0.5, 0.6) is 0 Å². The summed E-state index contributed by atoms with van der Waals surface area (Å²) in [6.07, 6.45) is 4.77. The maximum Gasteiger partial charge on any atom is 0.267 e. The van der Waals surface area contributed by atoms with Gasteiger partial charge in [0, 0.05) is 33.0 Å². The highest BCUT2D eigenvalue weighted by Crippen LogP contribution is 2.33. The summed E-state index contributed by atoms with van der Waals surface area (Å²) in [4.78, 5) is 33.2. The molecular weight excluding hydrogens is 468 g/mol. The number of nitrogens with one attached hydrogen (secondary N) is 1. The number of ether oxygens (including phenoxy) is 1. The maximum absolute atomic E-state index is 13.5. The Kier molecular flexibility index (Phi) is 7.77. The molecule has 3 aromatic rings. The van der Waals surface area contributed by atoms with Gasteiger partial charge in [0.1, 0.15) is 15.8 Å². The second-order valence-corrected chi connectivity index (χ2v) is 9.58. The van der Waals surface area contributed by atoms with E-state index in [9.17, 15) is 9.59 Å². The summed E-state index contributed by atoms with van der Waals surface area (Å²) in [6.45, 7) is 3.53. The number of aryl methyl sites for hydroxylation is 1. The van der Waals surface area contributed by atoms with Gasteiger partial charge in [0.05, 0.1) is 10.5 Å². The Morgan fingerprint density at radius 3 is 2.74 bits per heavy atom. The van der Waals surface area contributed by atoms with Crippen LogP contribution < -0.4 is 10.9 Å². The normalized spacial score (nSPS) is 15.0. The highest BCUT2D eigenvalue weighted by molar-refractivity contribution is 8.26. The van der Waals surface area contributed by atoms with E-state index < -0.39 is 0 Å². The van der Waals surface area contributed by atoms with Gasteiger partial charge in [-0.2, -0.15) is 0 Å². The molecule has 0 unspecified atom stereocenters. The standard InChI is InChI=1S/C25H26N4O3S2/c1-17-8-6-13-28-22(17)27-21(26-12-11-18-9-4-3-5-10-18)19(23(28)30)16-20-24(31)29(25(33)34-20)14-7-15-32-2/h3-6,8-10,13,16,26H,7,11-12,14-15H2,1-2H3. The summed E-state index contributed by atoms with van der Waals surface area (Å²) >= 11 is 6.62. The van der Waals surface area contributed by atoms with Crippen LogP contribution in [0.25, 0.3) is 11.7 Å². The summed E-state index contributed by atoms with van der Waals surface area (Å²) in [7, 11) is 1.62. The van der Waals surface area contributed by atoms with Crippen molar-refractivity contribution in [2.45, 2.75) is 19.8 Å². The van der Waals surface area contributed by atoms with Gasteiger partial charge in [-0.1, -0.05) is 60.4 Å². The van der Waals surface area contributed by atoms with Crippen LogP contribution in [0.1, 0.15) is 23.1 Å². The largest absolute Gasteiger partial charge is 0.385 e. The Hall–Kier alpha value is -3.01. The first kappa shape index (κ1) is 24.1. The number of anilines is 1. The molecule has 0 saturated carbocycles. The topological polar surface area (TPSA) is 75.9 Å². The Balaban J connectivity index is 1.68. The van der Waals surface area contributed by atoms with E-state index in [0.717, 1.165) is 12.0 Å². The SMILES string of the molecule is COCCCN1C(=O)C(=Cc2c(NCCc3ccccc3)nc3c(C)cccn3c2=O)SC1=S. The molecule has 1 amide bonds. The van der Waals surface area contributed by atoms with Crippen LogP contribution in [0, 0.1) is 6.92 Å². The van der Waals surface area contributed by atoms with Crippen LogP contribution in [-0.4, -0.2) is 51.3 Å². The minimum Gasteiger partial charge on any atom is -0.385 e. The summed E-state index contributed by atoms with van der Waals surface area (Å²) in [6, 6.07) is 13.8. The average Bonchev–Trinajstić information content (AvgIpc) is 3.10.